The minimum absolute atomic E-state index is 0.0862. The average Bonchev–Trinajstić information content (AvgIpc) is 3.24. The molecule has 0 spiro atoms. The van der Waals surface area contributed by atoms with Crippen LogP contribution < -0.4 is 5.32 Å². The van der Waals surface area contributed by atoms with Gasteiger partial charge in [-0.15, -0.1) is 0 Å². The van der Waals surface area contributed by atoms with Crippen LogP contribution in [0.25, 0.3) is 0 Å². The van der Waals surface area contributed by atoms with Gasteiger partial charge in [-0.25, -0.2) is 8.42 Å². The second-order valence-corrected chi connectivity index (χ2v) is 9.50. The number of hydrogen-bond donors (Lipinski definition) is 1. The highest BCUT2D eigenvalue weighted by Crippen LogP contribution is 2.21. The number of benzene rings is 2. The van der Waals surface area contributed by atoms with E-state index >= 15 is 0 Å². The minimum Gasteiger partial charge on any atom is -0.459 e. The Balaban J connectivity index is 1.66. The zero-order chi connectivity index (χ0) is 23.1. The molecule has 3 aromatic rings. The maximum atomic E-state index is 13.0. The molecular formula is C23H23ClN2O5S. The number of hydrogen-bond acceptors (Lipinski definition) is 5. The number of likely N-dealkylation sites (N-methyl/N-ethyl adjacent to an activating group) is 1. The number of sulfone groups is 1. The Labute approximate surface area is 191 Å². The Bertz CT molecular complexity index is 1170. The molecule has 1 aromatic heterocycles. The van der Waals surface area contributed by atoms with Crippen molar-refractivity contribution in [3.63, 3.8) is 0 Å². The Morgan fingerprint density at radius 1 is 1.03 bits per heavy atom. The number of rotatable bonds is 9. The molecule has 0 aliphatic heterocycles. The zero-order valence-electron chi connectivity index (χ0n) is 17.5. The molecule has 0 bridgehead atoms. The Morgan fingerprint density at radius 2 is 1.72 bits per heavy atom. The van der Waals surface area contributed by atoms with Gasteiger partial charge in [0.2, 0.25) is 5.91 Å². The van der Waals surface area contributed by atoms with Crippen molar-refractivity contribution in [2.45, 2.75) is 24.1 Å². The van der Waals surface area contributed by atoms with E-state index in [1.54, 1.807) is 49.4 Å². The van der Waals surface area contributed by atoms with Crippen LogP contribution in [-0.2, 0) is 26.9 Å². The van der Waals surface area contributed by atoms with E-state index in [0.717, 1.165) is 5.56 Å². The number of carbonyl (C=O) groups is 2. The highest BCUT2D eigenvalue weighted by Gasteiger charge is 2.26. The van der Waals surface area contributed by atoms with Gasteiger partial charge in [0.25, 0.3) is 5.91 Å². The average molecular weight is 475 g/mol. The summed E-state index contributed by atoms with van der Waals surface area (Å²) in [6.45, 7) is 2.09. The van der Waals surface area contributed by atoms with Crippen LogP contribution in [0.15, 0.2) is 76.2 Å². The van der Waals surface area contributed by atoms with E-state index in [9.17, 15) is 18.0 Å². The van der Waals surface area contributed by atoms with Crippen LogP contribution in [0.5, 0.6) is 0 Å². The number of nitrogens with zero attached hydrogens (tertiary/aromatic N) is 1. The molecular weight excluding hydrogens is 452 g/mol. The van der Waals surface area contributed by atoms with Crippen molar-refractivity contribution < 1.29 is 22.4 Å². The van der Waals surface area contributed by atoms with Crippen molar-refractivity contribution in [2.24, 2.45) is 0 Å². The van der Waals surface area contributed by atoms with Crippen LogP contribution in [0.3, 0.4) is 0 Å². The van der Waals surface area contributed by atoms with Crippen LogP contribution in [0.2, 0.25) is 5.02 Å². The number of amides is 2. The molecule has 3 rings (SSSR count). The fourth-order valence-electron chi connectivity index (χ4n) is 3.06. The van der Waals surface area contributed by atoms with Gasteiger partial charge in [0.1, 0.15) is 0 Å². The lowest BCUT2D eigenvalue weighted by Gasteiger charge is -2.20. The molecule has 0 aliphatic rings. The summed E-state index contributed by atoms with van der Waals surface area (Å²) in [5.41, 5.74) is 1.12. The van der Waals surface area contributed by atoms with E-state index in [2.05, 4.69) is 5.32 Å². The van der Waals surface area contributed by atoms with Crippen LogP contribution >= 0.6 is 11.6 Å². The predicted molar refractivity (Wildman–Crippen MR) is 121 cm³/mol. The van der Waals surface area contributed by atoms with Crippen LogP contribution in [0.4, 0.5) is 0 Å². The second-order valence-electron chi connectivity index (χ2n) is 7.07. The van der Waals surface area contributed by atoms with Gasteiger partial charge in [0.05, 0.1) is 23.5 Å². The largest absolute Gasteiger partial charge is 0.459 e. The highest BCUT2D eigenvalue weighted by molar-refractivity contribution is 7.90. The first-order valence-electron chi connectivity index (χ1n) is 9.94. The number of nitrogens with one attached hydrogen (secondary N) is 1. The summed E-state index contributed by atoms with van der Waals surface area (Å²) < 4.78 is 30.7. The van der Waals surface area contributed by atoms with Gasteiger partial charge >= 0.3 is 0 Å². The first kappa shape index (κ1) is 23.6. The quantitative estimate of drug-likeness (QED) is 0.510. The van der Waals surface area contributed by atoms with Gasteiger partial charge < -0.3 is 14.6 Å². The van der Waals surface area contributed by atoms with Crippen LogP contribution in [0.1, 0.15) is 28.6 Å². The number of carbonyl (C=O) groups excluding carboxylic acids is 2. The Morgan fingerprint density at radius 3 is 2.38 bits per heavy atom. The Hall–Kier alpha value is -3.10. The first-order valence-corrected chi connectivity index (χ1v) is 12.0. The molecule has 168 valence electrons. The standard InChI is InChI=1S/C23H23ClN2O5S/c1-2-26(15-21(27)25-14-17-8-10-19(24)11-9-17)23(28)22-18(12-13-31-22)16-32(29,30)20-6-4-3-5-7-20/h3-13H,2,14-16H2,1H3,(H,25,27). The number of halogens is 1. The molecule has 2 aromatic carbocycles. The van der Waals surface area contributed by atoms with Gasteiger partial charge in [-0.05, 0) is 42.8 Å². The molecule has 0 saturated carbocycles. The molecule has 2 amide bonds. The molecule has 0 atom stereocenters. The molecule has 1 N–H and O–H groups in total. The molecule has 1 heterocycles. The van der Waals surface area contributed by atoms with E-state index in [1.807, 2.05) is 0 Å². The van der Waals surface area contributed by atoms with Crippen LogP contribution in [0, 0.1) is 0 Å². The molecule has 0 saturated heterocycles. The van der Waals surface area contributed by atoms with Crippen molar-refractivity contribution in [3.8, 4) is 0 Å². The van der Waals surface area contributed by atoms with E-state index in [-0.39, 0.29) is 41.0 Å². The zero-order valence-corrected chi connectivity index (χ0v) is 19.0. The van der Waals surface area contributed by atoms with Crippen molar-refractivity contribution in [1.82, 2.24) is 10.2 Å². The van der Waals surface area contributed by atoms with Gasteiger partial charge in [0.15, 0.2) is 15.6 Å². The van der Waals surface area contributed by atoms with E-state index in [4.69, 9.17) is 16.0 Å². The molecule has 0 unspecified atom stereocenters. The highest BCUT2D eigenvalue weighted by atomic mass is 35.5. The van der Waals surface area contributed by atoms with Crippen molar-refractivity contribution in [1.29, 1.82) is 0 Å². The SMILES string of the molecule is CCN(CC(=O)NCc1ccc(Cl)cc1)C(=O)c1occc1CS(=O)(=O)c1ccccc1. The van der Waals surface area contributed by atoms with E-state index in [0.29, 0.717) is 11.6 Å². The lowest BCUT2D eigenvalue weighted by molar-refractivity contribution is -0.121. The van der Waals surface area contributed by atoms with Gasteiger partial charge in [-0.2, -0.15) is 0 Å². The summed E-state index contributed by atoms with van der Waals surface area (Å²) in [6, 6.07) is 16.5. The monoisotopic (exact) mass is 474 g/mol. The maximum Gasteiger partial charge on any atom is 0.290 e. The summed E-state index contributed by atoms with van der Waals surface area (Å²) in [4.78, 5) is 26.8. The van der Waals surface area contributed by atoms with Gasteiger partial charge in [-0.1, -0.05) is 41.9 Å². The summed E-state index contributed by atoms with van der Waals surface area (Å²) in [5, 5.41) is 3.36. The molecule has 0 aliphatic carbocycles. The third-order valence-corrected chi connectivity index (χ3v) is 6.73. The second kappa shape index (κ2) is 10.5. The van der Waals surface area contributed by atoms with E-state index in [1.165, 1.54) is 29.4 Å². The number of furan rings is 1. The third-order valence-electron chi connectivity index (χ3n) is 4.80. The summed E-state index contributed by atoms with van der Waals surface area (Å²) in [7, 11) is -3.66. The van der Waals surface area contributed by atoms with E-state index < -0.39 is 15.7 Å². The lowest BCUT2D eigenvalue weighted by Crippen LogP contribution is -2.40. The normalized spacial score (nSPS) is 11.2. The molecule has 9 heteroatoms. The topological polar surface area (TPSA) is 96.7 Å². The van der Waals surface area contributed by atoms with Gasteiger partial charge in [-0.3, -0.25) is 9.59 Å². The predicted octanol–water partition coefficient (Wildman–Crippen LogP) is 3.69. The van der Waals surface area contributed by atoms with Crippen LogP contribution in [-0.4, -0.2) is 38.2 Å². The third kappa shape index (κ3) is 5.99. The van der Waals surface area contributed by atoms with Crippen molar-refractivity contribution >= 4 is 33.3 Å². The van der Waals surface area contributed by atoms with Gasteiger partial charge in [0, 0.05) is 23.7 Å². The first-order chi connectivity index (χ1) is 15.3. The molecule has 0 radical (unpaired) electrons. The maximum absolute atomic E-state index is 13.0. The summed E-state index contributed by atoms with van der Waals surface area (Å²) >= 11 is 5.86. The summed E-state index contributed by atoms with van der Waals surface area (Å²) in [5.74, 6) is -1.36. The Kier molecular flexibility index (Phi) is 7.71. The molecule has 0 fully saturated rings. The minimum atomic E-state index is -3.66. The van der Waals surface area contributed by atoms with Crippen molar-refractivity contribution in [3.05, 3.63) is 88.8 Å². The lowest BCUT2D eigenvalue weighted by atomic mass is 10.2. The molecule has 7 nitrogen and oxygen atoms in total. The summed E-state index contributed by atoms with van der Waals surface area (Å²) in [6.07, 6.45) is 1.28. The van der Waals surface area contributed by atoms with Crippen molar-refractivity contribution in [2.75, 3.05) is 13.1 Å². The molecule has 32 heavy (non-hydrogen) atoms. The fraction of sp³-hybridized carbons (Fsp3) is 0.217. The smallest absolute Gasteiger partial charge is 0.290 e. The fourth-order valence-corrected chi connectivity index (χ4v) is 4.56.